The number of hydrogen-bond donors (Lipinski definition) is 1. The highest BCUT2D eigenvalue weighted by atomic mass is 14.6. The standard InChI is InChI=1S/C13H25N/c1-2-3-4-5-6-8-12-9-7-10-13(14)11-12/h11,13H,2-10,14H2,1H3. The molecule has 0 aromatic carbocycles. The average molecular weight is 195 g/mol. The van der Waals surface area contributed by atoms with E-state index in [9.17, 15) is 0 Å². The van der Waals surface area contributed by atoms with E-state index in [1.807, 2.05) is 0 Å². The summed E-state index contributed by atoms with van der Waals surface area (Å²) in [4.78, 5) is 0. The molecule has 0 aliphatic heterocycles. The molecule has 0 fully saturated rings. The Balaban J connectivity index is 2.05. The Labute approximate surface area is 88.8 Å². The van der Waals surface area contributed by atoms with Crippen molar-refractivity contribution in [1.29, 1.82) is 0 Å². The van der Waals surface area contributed by atoms with Gasteiger partial charge in [0, 0.05) is 6.04 Å². The van der Waals surface area contributed by atoms with Crippen LogP contribution in [0.1, 0.15) is 64.7 Å². The van der Waals surface area contributed by atoms with Gasteiger partial charge in [0.1, 0.15) is 0 Å². The van der Waals surface area contributed by atoms with Crippen molar-refractivity contribution >= 4 is 0 Å². The maximum atomic E-state index is 5.90. The molecule has 1 aliphatic carbocycles. The van der Waals surface area contributed by atoms with Crippen molar-refractivity contribution in [3.8, 4) is 0 Å². The zero-order valence-corrected chi connectivity index (χ0v) is 9.60. The van der Waals surface area contributed by atoms with Crippen LogP contribution >= 0.6 is 0 Å². The molecular weight excluding hydrogens is 170 g/mol. The predicted octanol–water partition coefficient (Wildman–Crippen LogP) is 3.78. The number of rotatable bonds is 6. The van der Waals surface area contributed by atoms with E-state index in [1.165, 1.54) is 57.8 Å². The van der Waals surface area contributed by atoms with Gasteiger partial charge in [0.2, 0.25) is 0 Å². The third kappa shape index (κ3) is 4.80. The van der Waals surface area contributed by atoms with Crippen LogP contribution in [-0.2, 0) is 0 Å². The molecule has 2 N–H and O–H groups in total. The summed E-state index contributed by atoms with van der Waals surface area (Å²) in [5, 5.41) is 0. The number of unbranched alkanes of at least 4 members (excludes halogenated alkanes) is 4. The first-order chi connectivity index (χ1) is 6.83. The molecular formula is C13H25N. The van der Waals surface area contributed by atoms with E-state index in [4.69, 9.17) is 5.73 Å². The van der Waals surface area contributed by atoms with Gasteiger partial charge in [-0.2, -0.15) is 0 Å². The van der Waals surface area contributed by atoms with Crippen LogP contribution in [0.15, 0.2) is 11.6 Å². The molecule has 82 valence electrons. The highest BCUT2D eigenvalue weighted by Gasteiger charge is 2.08. The molecule has 0 aromatic heterocycles. The molecule has 0 aromatic rings. The lowest BCUT2D eigenvalue weighted by Gasteiger charge is -2.17. The molecule has 1 rings (SSSR count). The van der Waals surface area contributed by atoms with Crippen LogP contribution in [0.3, 0.4) is 0 Å². The fraction of sp³-hybridized carbons (Fsp3) is 0.846. The van der Waals surface area contributed by atoms with Crippen molar-refractivity contribution < 1.29 is 0 Å². The first kappa shape index (κ1) is 11.8. The van der Waals surface area contributed by atoms with Gasteiger partial charge in [0.25, 0.3) is 0 Å². The van der Waals surface area contributed by atoms with E-state index in [2.05, 4.69) is 13.0 Å². The van der Waals surface area contributed by atoms with Crippen LogP contribution in [0.25, 0.3) is 0 Å². The number of nitrogens with two attached hydrogens (primary N) is 1. The predicted molar refractivity (Wildman–Crippen MR) is 63.3 cm³/mol. The summed E-state index contributed by atoms with van der Waals surface area (Å²) in [6.45, 7) is 2.27. The summed E-state index contributed by atoms with van der Waals surface area (Å²) < 4.78 is 0. The largest absolute Gasteiger partial charge is 0.324 e. The van der Waals surface area contributed by atoms with Crippen LogP contribution in [0.4, 0.5) is 0 Å². The van der Waals surface area contributed by atoms with Crippen LogP contribution < -0.4 is 5.73 Å². The summed E-state index contributed by atoms with van der Waals surface area (Å²) in [6, 6.07) is 0.356. The van der Waals surface area contributed by atoms with Crippen molar-refractivity contribution in [2.75, 3.05) is 0 Å². The lowest BCUT2D eigenvalue weighted by atomic mass is 9.92. The van der Waals surface area contributed by atoms with Crippen LogP contribution in [-0.4, -0.2) is 6.04 Å². The summed E-state index contributed by atoms with van der Waals surface area (Å²) in [7, 11) is 0. The second-order valence-electron chi connectivity index (χ2n) is 4.55. The van der Waals surface area contributed by atoms with E-state index in [0.29, 0.717) is 6.04 Å². The first-order valence-corrected chi connectivity index (χ1v) is 6.28. The number of hydrogen-bond acceptors (Lipinski definition) is 1. The second kappa shape index (κ2) is 7.05. The topological polar surface area (TPSA) is 26.0 Å². The maximum absolute atomic E-state index is 5.90. The molecule has 0 spiro atoms. The molecule has 1 aliphatic rings. The number of allylic oxidation sites excluding steroid dienone is 1. The molecule has 0 saturated heterocycles. The molecule has 0 amide bonds. The Morgan fingerprint density at radius 2 is 2.07 bits per heavy atom. The molecule has 1 heteroatoms. The van der Waals surface area contributed by atoms with Crippen molar-refractivity contribution in [3.05, 3.63) is 11.6 Å². The van der Waals surface area contributed by atoms with Crippen molar-refractivity contribution in [2.24, 2.45) is 5.73 Å². The lowest BCUT2D eigenvalue weighted by molar-refractivity contribution is 0.581. The first-order valence-electron chi connectivity index (χ1n) is 6.28. The Morgan fingerprint density at radius 3 is 2.79 bits per heavy atom. The van der Waals surface area contributed by atoms with E-state index >= 15 is 0 Å². The molecule has 1 nitrogen and oxygen atoms in total. The van der Waals surface area contributed by atoms with Crippen LogP contribution in [0.5, 0.6) is 0 Å². The minimum absolute atomic E-state index is 0.356. The summed E-state index contributed by atoms with van der Waals surface area (Å²) in [5.41, 5.74) is 7.53. The van der Waals surface area contributed by atoms with E-state index in [-0.39, 0.29) is 0 Å². The van der Waals surface area contributed by atoms with Gasteiger partial charge in [-0.25, -0.2) is 0 Å². The lowest BCUT2D eigenvalue weighted by Crippen LogP contribution is -2.20. The molecule has 0 saturated carbocycles. The molecule has 0 radical (unpaired) electrons. The summed E-state index contributed by atoms with van der Waals surface area (Å²) in [5.74, 6) is 0. The van der Waals surface area contributed by atoms with Crippen LogP contribution in [0.2, 0.25) is 0 Å². The second-order valence-corrected chi connectivity index (χ2v) is 4.55. The maximum Gasteiger partial charge on any atom is 0.0226 e. The quantitative estimate of drug-likeness (QED) is 0.506. The van der Waals surface area contributed by atoms with Gasteiger partial charge in [-0.15, -0.1) is 0 Å². The minimum atomic E-state index is 0.356. The van der Waals surface area contributed by atoms with Gasteiger partial charge in [0.05, 0.1) is 0 Å². The van der Waals surface area contributed by atoms with E-state index in [1.54, 1.807) is 5.57 Å². The molecule has 1 atom stereocenters. The van der Waals surface area contributed by atoms with Crippen molar-refractivity contribution in [2.45, 2.75) is 70.8 Å². The van der Waals surface area contributed by atoms with Gasteiger partial charge in [-0.1, -0.05) is 44.3 Å². The Morgan fingerprint density at radius 1 is 1.29 bits per heavy atom. The highest BCUT2D eigenvalue weighted by molar-refractivity contribution is 5.09. The normalized spacial score (nSPS) is 22.1. The molecule has 0 heterocycles. The minimum Gasteiger partial charge on any atom is -0.324 e. The van der Waals surface area contributed by atoms with Crippen molar-refractivity contribution in [3.63, 3.8) is 0 Å². The van der Waals surface area contributed by atoms with Gasteiger partial charge in [-0.3, -0.25) is 0 Å². The van der Waals surface area contributed by atoms with Gasteiger partial charge < -0.3 is 5.73 Å². The fourth-order valence-corrected chi connectivity index (χ4v) is 2.20. The monoisotopic (exact) mass is 195 g/mol. The Bertz CT molecular complexity index is 172. The Hall–Kier alpha value is -0.300. The Kier molecular flexibility index (Phi) is 5.93. The van der Waals surface area contributed by atoms with Crippen LogP contribution in [0, 0.1) is 0 Å². The van der Waals surface area contributed by atoms with Crippen molar-refractivity contribution in [1.82, 2.24) is 0 Å². The summed E-state index contributed by atoms with van der Waals surface area (Å²) in [6.07, 6.45) is 14.4. The zero-order valence-electron chi connectivity index (χ0n) is 9.60. The average Bonchev–Trinajstić information content (AvgIpc) is 2.18. The van der Waals surface area contributed by atoms with Gasteiger partial charge in [0.15, 0.2) is 0 Å². The SMILES string of the molecule is CCCCCCCC1=CC(N)CCC1. The smallest absolute Gasteiger partial charge is 0.0226 e. The van der Waals surface area contributed by atoms with Gasteiger partial charge >= 0.3 is 0 Å². The molecule has 1 unspecified atom stereocenters. The molecule has 0 bridgehead atoms. The highest BCUT2D eigenvalue weighted by Crippen LogP contribution is 2.22. The molecule has 14 heavy (non-hydrogen) atoms. The third-order valence-corrected chi connectivity index (χ3v) is 3.09. The van der Waals surface area contributed by atoms with E-state index < -0.39 is 0 Å². The van der Waals surface area contributed by atoms with E-state index in [0.717, 1.165) is 0 Å². The fourth-order valence-electron chi connectivity index (χ4n) is 2.20. The van der Waals surface area contributed by atoms with Gasteiger partial charge in [-0.05, 0) is 32.1 Å². The zero-order chi connectivity index (χ0) is 10.2. The third-order valence-electron chi connectivity index (χ3n) is 3.09. The summed E-state index contributed by atoms with van der Waals surface area (Å²) >= 11 is 0.